The molecule has 10 nitrogen and oxygen atoms in total. The third kappa shape index (κ3) is 31.3. The van der Waals surface area contributed by atoms with E-state index >= 15 is 0 Å². The Hall–Kier alpha value is -2.33. The molecule has 1 aliphatic carbocycles. The molecule has 1 unspecified atom stereocenters. The molecule has 0 spiro atoms. The summed E-state index contributed by atoms with van der Waals surface area (Å²) in [5.41, 5.74) is 0. The van der Waals surface area contributed by atoms with E-state index in [0.717, 1.165) is 38.5 Å². The van der Waals surface area contributed by atoms with Crippen molar-refractivity contribution in [2.75, 3.05) is 47.5 Å². The summed E-state index contributed by atoms with van der Waals surface area (Å²) in [6.45, 7) is 4.37. The van der Waals surface area contributed by atoms with E-state index in [4.69, 9.17) is 18.5 Å². The summed E-state index contributed by atoms with van der Waals surface area (Å²) in [4.78, 5) is 37.5. The zero-order valence-electron chi connectivity index (χ0n) is 36.4. The van der Waals surface area contributed by atoms with E-state index in [-0.39, 0.29) is 37.3 Å². The van der Waals surface area contributed by atoms with Crippen LogP contribution in [0.1, 0.15) is 149 Å². The van der Waals surface area contributed by atoms with Crippen LogP contribution in [0, 0.1) is 11.8 Å². The highest BCUT2D eigenvalue weighted by molar-refractivity contribution is 7.45. The number of phosphoric ester groups is 1. The molecule has 0 saturated carbocycles. The maximum absolute atomic E-state index is 12.7. The topological polar surface area (TPSA) is 131 Å². The summed E-state index contributed by atoms with van der Waals surface area (Å²) in [6.07, 6.45) is 39.5. The number of unbranched alkanes of at least 4 members (excludes halogenated alkanes) is 14. The van der Waals surface area contributed by atoms with Crippen LogP contribution in [0.3, 0.4) is 0 Å². The van der Waals surface area contributed by atoms with Crippen molar-refractivity contribution in [3.8, 4) is 0 Å². The molecule has 0 saturated heterocycles. The molecule has 0 aliphatic heterocycles. The van der Waals surface area contributed by atoms with Gasteiger partial charge in [-0.2, -0.15) is 0 Å². The summed E-state index contributed by atoms with van der Waals surface area (Å²) in [7, 11) is 1.19. The number of nitrogens with zero attached hydrogens (tertiary/aromatic N) is 1. The smallest absolute Gasteiger partial charge is 0.306 e. The SMILES string of the molecule is CCCCCC/C=C\CCCCCCCC/C=C/OC[C@H](COP(=O)([O-])OCC[N+](C)(C)C)OC(=O)CCC/C=C\C[C@H]1C=CC(=O)[C@@H]1/C=C/[C@@H](O)CCCCC. The maximum Gasteiger partial charge on any atom is 0.306 e. The number of esters is 1. The van der Waals surface area contributed by atoms with Gasteiger partial charge in [-0.1, -0.05) is 121 Å². The molecular formula is C46H80NO9P. The number of aliphatic hydroxyl groups is 1. The number of carbonyl (C=O) groups is 2. The highest BCUT2D eigenvalue weighted by Gasteiger charge is 2.27. The number of ether oxygens (including phenoxy) is 2. The minimum absolute atomic E-state index is 0.0228. The molecule has 0 aromatic heterocycles. The molecule has 0 aromatic rings. The average molecular weight is 822 g/mol. The molecule has 1 N–H and O–H groups in total. The first-order valence-corrected chi connectivity index (χ1v) is 23.6. The van der Waals surface area contributed by atoms with Crippen molar-refractivity contribution in [1.29, 1.82) is 0 Å². The van der Waals surface area contributed by atoms with Gasteiger partial charge in [0, 0.05) is 12.3 Å². The van der Waals surface area contributed by atoms with Crippen molar-refractivity contribution in [3.05, 3.63) is 60.9 Å². The summed E-state index contributed by atoms with van der Waals surface area (Å²) in [6, 6.07) is 0. The predicted octanol–water partition coefficient (Wildman–Crippen LogP) is 10.3. The molecule has 0 aromatic carbocycles. The molecule has 0 radical (unpaired) electrons. The minimum Gasteiger partial charge on any atom is -0.756 e. The average Bonchev–Trinajstić information content (AvgIpc) is 3.51. The molecule has 11 heteroatoms. The Labute approximate surface area is 347 Å². The first-order chi connectivity index (χ1) is 27.4. The van der Waals surface area contributed by atoms with Crippen molar-refractivity contribution in [1.82, 2.24) is 0 Å². The van der Waals surface area contributed by atoms with Crippen LogP contribution >= 0.6 is 7.82 Å². The zero-order chi connectivity index (χ0) is 42.0. The van der Waals surface area contributed by atoms with Gasteiger partial charge in [-0.15, -0.1) is 0 Å². The predicted molar refractivity (Wildman–Crippen MR) is 230 cm³/mol. The Morgan fingerprint density at radius 3 is 2.09 bits per heavy atom. The Kier molecular flexibility index (Phi) is 31.0. The van der Waals surface area contributed by atoms with E-state index in [1.54, 1.807) is 18.4 Å². The van der Waals surface area contributed by atoms with Gasteiger partial charge < -0.3 is 33.0 Å². The first-order valence-electron chi connectivity index (χ1n) is 22.1. The fraction of sp³-hybridized carbons (Fsp3) is 0.739. The van der Waals surface area contributed by atoms with Gasteiger partial charge in [-0.3, -0.25) is 14.2 Å². The van der Waals surface area contributed by atoms with E-state index in [1.165, 1.54) is 64.2 Å². The lowest BCUT2D eigenvalue weighted by Crippen LogP contribution is -2.37. The van der Waals surface area contributed by atoms with Crippen molar-refractivity contribution in [2.45, 2.75) is 161 Å². The van der Waals surface area contributed by atoms with E-state index < -0.39 is 32.6 Å². The van der Waals surface area contributed by atoms with Gasteiger partial charge in [-0.25, -0.2) is 0 Å². The number of likely N-dealkylation sites (N-methyl/N-ethyl adjacent to an activating group) is 1. The van der Waals surface area contributed by atoms with E-state index in [9.17, 15) is 24.2 Å². The fourth-order valence-electron chi connectivity index (χ4n) is 6.26. The second-order valence-corrected chi connectivity index (χ2v) is 17.8. The molecule has 57 heavy (non-hydrogen) atoms. The Morgan fingerprint density at radius 2 is 1.42 bits per heavy atom. The van der Waals surface area contributed by atoms with Gasteiger partial charge in [0.15, 0.2) is 11.9 Å². The van der Waals surface area contributed by atoms with Crippen LogP contribution in [-0.2, 0) is 32.7 Å². The van der Waals surface area contributed by atoms with Gasteiger partial charge in [0.05, 0.1) is 40.1 Å². The minimum atomic E-state index is -4.60. The standard InChI is InChI=1S/C46H80NO9P/c1-6-8-10-11-12-13-14-15-16-17-18-19-20-21-24-28-37-53-39-43(40-55-57(51,52)54-38-36-47(3,4)5)56-46(50)31-27-23-22-26-29-41-32-35-45(49)44(41)34-33-42(48)30-25-9-7-2/h13-14,22,26,28,32-35,37,41-44,48H,6-12,15-21,23-25,27,29-31,36,38-40H2,1-5H3/b14-13-,26-22-,34-33+,37-28+/t41-,42-,43+,44+/m0/s1. The van der Waals surface area contributed by atoms with Crippen LogP contribution in [0.15, 0.2) is 60.9 Å². The van der Waals surface area contributed by atoms with Gasteiger partial charge in [0.25, 0.3) is 7.82 Å². The molecule has 0 heterocycles. The summed E-state index contributed by atoms with van der Waals surface area (Å²) < 4.78 is 34.3. The van der Waals surface area contributed by atoms with Crippen molar-refractivity contribution in [2.24, 2.45) is 11.8 Å². The monoisotopic (exact) mass is 822 g/mol. The molecule has 328 valence electrons. The van der Waals surface area contributed by atoms with Crippen molar-refractivity contribution < 1.29 is 47.2 Å². The normalized spacial score (nSPS) is 18.4. The molecule has 0 fully saturated rings. The maximum atomic E-state index is 12.7. The van der Waals surface area contributed by atoms with E-state index in [2.05, 4.69) is 26.0 Å². The van der Waals surface area contributed by atoms with Crippen LogP contribution in [0.5, 0.6) is 0 Å². The number of phosphoric acid groups is 1. The quantitative estimate of drug-likeness (QED) is 0.0162. The zero-order valence-corrected chi connectivity index (χ0v) is 37.3. The fourth-order valence-corrected chi connectivity index (χ4v) is 6.99. The molecule has 1 aliphatic rings. The van der Waals surface area contributed by atoms with E-state index in [0.29, 0.717) is 36.7 Å². The Bertz CT molecular complexity index is 1240. The lowest BCUT2D eigenvalue weighted by molar-refractivity contribution is -0.870. The Morgan fingerprint density at radius 1 is 0.825 bits per heavy atom. The third-order valence-electron chi connectivity index (χ3n) is 9.85. The molecular weight excluding hydrogens is 741 g/mol. The summed E-state index contributed by atoms with van der Waals surface area (Å²) in [5, 5.41) is 10.2. The largest absolute Gasteiger partial charge is 0.756 e. The lowest BCUT2D eigenvalue weighted by Gasteiger charge is -2.28. The van der Waals surface area contributed by atoms with Gasteiger partial charge >= 0.3 is 5.97 Å². The second-order valence-electron chi connectivity index (χ2n) is 16.4. The van der Waals surface area contributed by atoms with Crippen molar-refractivity contribution >= 4 is 19.6 Å². The van der Waals surface area contributed by atoms with Crippen LogP contribution in [-0.4, -0.2) is 81.1 Å². The van der Waals surface area contributed by atoms with E-state index in [1.807, 2.05) is 51.5 Å². The number of ketones is 1. The third-order valence-corrected chi connectivity index (χ3v) is 10.8. The highest BCUT2D eigenvalue weighted by Crippen LogP contribution is 2.38. The van der Waals surface area contributed by atoms with Gasteiger partial charge in [0.2, 0.25) is 0 Å². The molecule has 1 rings (SSSR count). The number of carbonyl (C=O) groups excluding carboxylic acids is 2. The van der Waals surface area contributed by atoms with Crippen LogP contribution in [0.25, 0.3) is 0 Å². The number of quaternary nitrogens is 1. The Balaban J connectivity index is 2.45. The van der Waals surface area contributed by atoms with Gasteiger partial charge in [-0.05, 0) is 82.3 Å². The summed E-state index contributed by atoms with van der Waals surface area (Å²) >= 11 is 0. The van der Waals surface area contributed by atoms with Crippen LogP contribution in [0.4, 0.5) is 0 Å². The summed E-state index contributed by atoms with van der Waals surface area (Å²) in [5.74, 6) is -0.643. The number of hydrogen-bond acceptors (Lipinski definition) is 9. The highest BCUT2D eigenvalue weighted by atomic mass is 31.2. The van der Waals surface area contributed by atoms with Gasteiger partial charge in [0.1, 0.15) is 19.8 Å². The van der Waals surface area contributed by atoms with Crippen LogP contribution in [0.2, 0.25) is 0 Å². The number of allylic oxidation sites excluding steroid dienone is 8. The molecule has 0 amide bonds. The lowest BCUT2D eigenvalue weighted by atomic mass is 9.90. The van der Waals surface area contributed by atoms with Crippen molar-refractivity contribution in [3.63, 3.8) is 0 Å². The molecule has 5 atom stereocenters. The number of hydrogen-bond donors (Lipinski definition) is 1. The molecule has 0 bridgehead atoms. The second kappa shape index (κ2) is 33.5. The number of rotatable bonds is 37. The van der Waals surface area contributed by atoms with Crippen LogP contribution < -0.4 is 4.89 Å². The number of aliphatic hydroxyl groups excluding tert-OH is 1. The first kappa shape index (κ1) is 52.7.